The van der Waals surface area contributed by atoms with Crippen molar-refractivity contribution in [3.63, 3.8) is 0 Å². The normalized spacial score (nSPS) is 11.5. The second kappa shape index (κ2) is 3.08. The van der Waals surface area contributed by atoms with Crippen LogP contribution in [0, 0.1) is 0 Å². The Morgan fingerprint density at radius 3 is 2.67 bits per heavy atom. The van der Waals surface area contributed by atoms with Crippen LogP contribution in [0.2, 0.25) is 0 Å². The van der Waals surface area contributed by atoms with E-state index in [1.54, 1.807) is 0 Å². The van der Waals surface area contributed by atoms with Crippen LogP contribution in [-0.2, 0) is 7.05 Å². The zero-order valence-electron chi connectivity index (χ0n) is 8.72. The van der Waals surface area contributed by atoms with Crippen LogP contribution >= 0.6 is 0 Å². The van der Waals surface area contributed by atoms with Crippen LogP contribution < -0.4 is 11.3 Å². The zero-order chi connectivity index (χ0) is 11.2. The van der Waals surface area contributed by atoms with E-state index in [0.29, 0.717) is 0 Å². The van der Waals surface area contributed by atoms with Gasteiger partial charge in [0.1, 0.15) is 6.33 Å². The summed E-state index contributed by atoms with van der Waals surface area (Å²) in [6.45, 7) is 3.74. The van der Waals surface area contributed by atoms with Crippen LogP contribution in [0.4, 0.5) is 0 Å². The lowest BCUT2D eigenvalue weighted by molar-refractivity contribution is 0.517. The van der Waals surface area contributed by atoms with Gasteiger partial charge < -0.3 is 4.42 Å². The molecule has 0 aliphatic rings. The molecule has 2 aromatic rings. The van der Waals surface area contributed by atoms with Crippen molar-refractivity contribution in [1.29, 1.82) is 0 Å². The summed E-state index contributed by atoms with van der Waals surface area (Å²) in [5.74, 6) is -0.573. The van der Waals surface area contributed by atoms with E-state index in [9.17, 15) is 9.59 Å². The average Bonchev–Trinajstić information content (AvgIpc) is 2.43. The van der Waals surface area contributed by atoms with Gasteiger partial charge in [-0.15, -0.1) is 0 Å². The van der Waals surface area contributed by atoms with E-state index in [1.807, 2.05) is 13.8 Å². The molecule has 0 aliphatic heterocycles. The lowest BCUT2D eigenvalue weighted by atomic mass is 10.4. The summed E-state index contributed by atoms with van der Waals surface area (Å²) in [4.78, 5) is 27.0. The minimum Gasteiger partial charge on any atom is -0.388 e. The molecule has 2 heterocycles. The molecule has 6 nitrogen and oxygen atoms in total. The fraction of sp³-hybridized carbons (Fsp3) is 0.444. The van der Waals surface area contributed by atoms with Gasteiger partial charge in [-0.05, 0) is 13.8 Å². The molecule has 0 amide bonds. The van der Waals surface area contributed by atoms with Crippen LogP contribution in [0.15, 0.2) is 20.3 Å². The Balaban J connectivity index is 2.96. The van der Waals surface area contributed by atoms with Crippen molar-refractivity contribution in [3.05, 3.63) is 27.2 Å². The third-order valence-electron chi connectivity index (χ3n) is 2.29. The van der Waals surface area contributed by atoms with Gasteiger partial charge in [-0.2, -0.15) is 0 Å². The number of oxazole rings is 1. The molecule has 0 bridgehead atoms. The Labute approximate surface area is 84.8 Å². The van der Waals surface area contributed by atoms with Crippen LogP contribution in [0.5, 0.6) is 0 Å². The summed E-state index contributed by atoms with van der Waals surface area (Å²) in [5, 5.41) is 0. The van der Waals surface area contributed by atoms with Gasteiger partial charge in [0.05, 0.1) is 0 Å². The third kappa shape index (κ3) is 1.29. The van der Waals surface area contributed by atoms with E-state index in [1.165, 1.54) is 22.5 Å². The van der Waals surface area contributed by atoms with Gasteiger partial charge in [0.15, 0.2) is 5.52 Å². The largest absolute Gasteiger partial charge is 0.421 e. The molecule has 0 spiro atoms. The van der Waals surface area contributed by atoms with Crippen molar-refractivity contribution in [2.75, 3.05) is 0 Å². The second-order valence-electron chi connectivity index (χ2n) is 3.63. The van der Waals surface area contributed by atoms with Crippen molar-refractivity contribution in [1.82, 2.24) is 14.1 Å². The van der Waals surface area contributed by atoms with Gasteiger partial charge in [0, 0.05) is 13.1 Å². The predicted molar refractivity (Wildman–Crippen MR) is 53.9 cm³/mol. The molecule has 15 heavy (non-hydrogen) atoms. The molecule has 0 radical (unpaired) electrons. The maximum absolute atomic E-state index is 11.9. The topological polar surface area (TPSA) is 70.0 Å². The molecule has 0 unspecified atom stereocenters. The van der Waals surface area contributed by atoms with E-state index in [4.69, 9.17) is 4.42 Å². The van der Waals surface area contributed by atoms with Gasteiger partial charge in [0.25, 0.3) is 11.3 Å². The van der Waals surface area contributed by atoms with E-state index >= 15 is 0 Å². The number of aromatic nitrogens is 3. The molecular weight excluding hydrogens is 198 g/mol. The number of hydrogen-bond donors (Lipinski definition) is 0. The second-order valence-corrected chi connectivity index (χ2v) is 3.63. The fourth-order valence-corrected chi connectivity index (χ4v) is 1.41. The molecule has 2 rings (SSSR count). The summed E-state index contributed by atoms with van der Waals surface area (Å²) in [5.41, 5.74) is 0.0314. The molecule has 0 N–H and O–H groups in total. The molecule has 0 saturated carbocycles. The van der Waals surface area contributed by atoms with E-state index in [-0.39, 0.29) is 22.8 Å². The number of nitrogens with zero attached hydrogens (tertiary/aromatic N) is 3. The minimum atomic E-state index is -0.573. The molecule has 0 atom stereocenters. The van der Waals surface area contributed by atoms with Crippen molar-refractivity contribution in [3.8, 4) is 0 Å². The van der Waals surface area contributed by atoms with Gasteiger partial charge in [-0.3, -0.25) is 13.9 Å². The molecule has 0 fully saturated rings. The molecule has 0 saturated heterocycles. The summed E-state index contributed by atoms with van der Waals surface area (Å²) in [6, 6.07) is -0.000554. The van der Waals surface area contributed by atoms with Gasteiger partial charge >= 0.3 is 5.76 Å². The number of aryl methyl sites for hydroxylation is 1. The SMILES string of the molecule is CC(C)n1cnc2oc(=O)n(C)c2c1=O. The summed E-state index contributed by atoms with van der Waals surface area (Å²) < 4.78 is 7.42. The Morgan fingerprint density at radius 2 is 2.07 bits per heavy atom. The molecule has 2 aromatic heterocycles. The summed E-state index contributed by atoms with van der Waals surface area (Å²) in [7, 11) is 1.49. The Morgan fingerprint density at radius 1 is 1.40 bits per heavy atom. The van der Waals surface area contributed by atoms with Gasteiger partial charge in [-0.25, -0.2) is 9.78 Å². The highest BCUT2D eigenvalue weighted by atomic mass is 16.4. The predicted octanol–water partition coefficient (Wildman–Crippen LogP) is 0.269. The first-order chi connectivity index (χ1) is 7.02. The van der Waals surface area contributed by atoms with Crippen molar-refractivity contribution < 1.29 is 4.42 Å². The standard InChI is InChI=1S/C9H11N3O3/c1-5(2)12-4-10-7-6(8(12)13)11(3)9(14)15-7/h4-5H,1-3H3. The van der Waals surface area contributed by atoms with Crippen molar-refractivity contribution in [2.24, 2.45) is 7.05 Å². The van der Waals surface area contributed by atoms with Crippen LogP contribution in [0.25, 0.3) is 11.2 Å². The lowest BCUT2D eigenvalue weighted by Gasteiger charge is -2.07. The van der Waals surface area contributed by atoms with Gasteiger partial charge in [-0.1, -0.05) is 0 Å². The highest BCUT2D eigenvalue weighted by molar-refractivity contribution is 5.66. The van der Waals surface area contributed by atoms with E-state index in [0.717, 1.165) is 0 Å². The first kappa shape index (κ1) is 9.70. The molecule has 0 aliphatic carbocycles. The maximum atomic E-state index is 11.9. The van der Waals surface area contributed by atoms with E-state index < -0.39 is 5.76 Å². The highest BCUT2D eigenvalue weighted by Crippen LogP contribution is 2.05. The lowest BCUT2D eigenvalue weighted by Crippen LogP contribution is -2.24. The van der Waals surface area contributed by atoms with Crippen LogP contribution in [0.3, 0.4) is 0 Å². The number of hydrogen-bond acceptors (Lipinski definition) is 4. The smallest absolute Gasteiger partial charge is 0.388 e. The number of rotatable bonds is 1. The maximum Gasteiger partial charge on any atom is 0.421 e. The minimum absolute atomic E-state index is 0.000554. The monoisotopic (exact) mass is 209 g/mol. The number of fused-ring (bicyclic) bond motifs is 1. The zero-order valence-corrected chi connectivity index (χ0v) is 8.72. The Hall–Kier alpha value is -1.85. The van der Waals surface area contributed by atoms with Crippen LogP contribution in [0.1, 0.15) is 19.9 Å². The quantitative estimate of drug-likeness (QED) is 0.675. The van der Waals surface area contributed by atoms with Gasteiger partial charge in [0.2, 0.25) is 0 Å². The van der Waals surface area contributed by atoms with Crippen molar-refractivity contribution in [2.45, 2.75) is 19.9 Å². The third-order valence-corrected chi connectivity index (χ3v) is 2.29. The van der Waals surface area contributed by atoms with Crippen LogP contribution in [-0.4, -0.2) is 14.1 Å². The molecule has 6 heteroatoms. The molecule has 80 valence electrons. The van der Waals surface area contributed by atoms with Crippen molar-refractivity contribution >= 4 is 11.2 Å². The summed E-state index contributed by atoms with van der Waals surface area (Å²) in [6.07, 6.45) is 1.39. The fourth-order valence-electron chi connectivity index (χ4n) is 1.41. The highest BCUT2D eigenvalue weighted by Gasteiger charge is 2.13. The summed E-state index contributed by atoms with van der Waals surface area (Å²) >= 11 is 0. The Bertz CT molecular complexity index is 618. The first-order valence-electron chi connectivity index (χ1n) is 4.59. The first-order valence-corrected chi connectivity index (χ1v) is 4.59. The molecule has 0 aromatic carbocycles. The average molecular weight is 209 g/mol. The molecular formula is C9H11N3O3. The Kier molecular flexibility index (Phi) is 1.99. The van der Waals surface area contributed by atoms with E-state index in [2.05, 4.69) is 4.98 Å².